The quantitative estimate of drug-likeness (QED) is 0.673. The van der Waals surface area contributed by atoms with E-state index in [-0.39, 0.29) is 12.0 Å². The van der Waals surface area contributed by atoms with Crippen molar-refractivity contribution in [3.63, 3.8) is 0 Å². The normalized spacial score (nSPS) is 18.6. The number of hydrogen-bond acceptors (Lipinski definition) is 6. The number of aryl methyl sites for hydroxylation is 1. The van der Waals surface area contributed by atoms with Crippen molar-refractivity contribution < 1.29 is 8.94 Å². The zero-order chi connectivity index (χ0) is 17.2. The smallest absolute Gasteiger partial charge is 0.229 e. The van der Waals surface area contributed by atoms with E-state index in [1.165, 1.54) is 6.42 Å². The molecule has 6 nitrogen and oxygen atoms in total. The molecule has 132 valence electrons. The highest BCUT2D eigenvalue weighted by molar-refractivity contribution is 5.72. The van der Waals surface area contributed by atoms with Crippen molar-refractivity contribution >= 4 is 11.1 Å². The van der Waals surface area contributed by atoms with Crippen molar-refractivity contribution in [3.05, 3.63) is 41.9 Å². The number of oxazole rings is 1. The third-order valence-electron chi connectivity index (χ3n) is 4.79. The Bertz CT molecular complexity index is 806. The first-order chi connectivity index (χ1) is 12.2. The van der Waals surface area contributed by atoms with E-state index in [9.17, 15) is 0 Å². The van der Waals surface area contributed by atoms with Gasteiger partial charge in [0.15, 0.2) is 17.3 Å². The molecule has 1 saturated heterocycles. The molecule has 1 fully saturated rings. The van der Waals surface area contributed by atoms with Gasteiger partial charge < -0.3 is 8.94 Å². The first-order valence-corrected chi connectivity index (χ1v) is 9.12. The maximum atomic E-state index is 5.80. The Labute approximate surface area is 147 Å². The summed E-state index contributed by atoms with van der Waals surface area (Å²) in [6.45, 7) is 6.23. The minimum Gasteiger partial charge on any atom is -0.441 e. The van der Waals surface area contributed by atoms with Crippen LogP contribution >= 0.6 is 0 Å². The van der Waals surface area contributed by atoms with Crippen molar-refractivity contribution in [3.8, 4) is 0 Å². The molecule has 6 heteroatoms. The Morgan fingerprint density at radius 2 is 2.12 bits per heavy atom. The number of benzene rings is 1. The Morgan fingerprint density at radius 1 is 1.24 bits per heavy atom. The first kappa shape index (κ1) is 16.3. The maximum Gasteiger partial charge on any atom is 0.229 e. The van der Waals surface area contributed by atoms with Crippen LogP contribution in [0, 0.1) is 0 Å². The molecule has 0 unspecified atom stereocenters. The van der Waals surface area contributed by atoms with Crippen molar-refractivity contribution in [2.24, 2.45) is 0 Å². The summed E-state index contributed by atoms with van der Waals surface area (Å²) in [5.41, 5.74) is 1.80. The van der Waals surface area contributed by atoms with E-state index < -0.39 is 0 Å². The van der Waals surface area contributed by atoms with E-state index in [4.69, 9.17) is 8.94 Å². The molecule has 0 bridgehead atoms. The van der Waals surface area contributed by atoms with Crippen molar-refractivity contribution in [1.29, 1.82) is 0 Å². The summed E-state index contributed by atoms with van der Waals surface area (Å²) in [7, 11) is 0. The Kier molecular flexibility index (Phi) is 4.53. The van der Waals surface area contributed by atoms with E-state index in [2.05, 4.69) is 33.9 Å². The number of aromatic nitrogens is 3. The van der Waals surface area contributed by atoms with Crippen LogP contribution in [0.1, 0.15) is 62.7 Å². The second kappa shape index (κ2) is 6.96. The molecule has 1 aliphatic rings. The molecule has 25 heavy (non-hydrogen) atoms. The van der Waals surface area contributed by atoms with E-state index in [0.29, 0.717) is 0 Å². The van der Waals surface area contributed by atoms with Gasteiger partial charge in [0, 0.05) is 12.3 Å². The van der Waals surface area contributed by atoms with Crippen LogP contribution in [-0.4, -0.2) is 33.1 Å². The summed E-state index contributed by atoms with van der Waals surface area (Å²) in [5.74, 6) is 2.66. The molecule has 0 N–H and O–H groups in total. The van der Waals surface area contributed by atoms with Gasteiger partial charge in [-0.1, -0.05) is 31.1 Å². The van der Waals surface area contributed by atoms with Gasteiger partial charge >= 0.3 is 0 Å². The lowest BCUT2D eigenvalue weighted by Crippen LogP contribution is -2.25. The zero-order valence-electron chi connectivity index (χ0n) is 14.8. The molecule has 0 spiro atoms. The van der Waals surface area contributed by atoms with Gasteiger partial charge in [-0.3, -0.25) is 4.90 Å². The monoisotopic (exact) mass is 340 g/mol. The van der Waals surface area contributed by atoms with Crippen LogP contribution in [0.5, 0.6) is 0 Å². The summed E-state index contributed by atoms with van der Waals surface area (Å²) in [5, 5.41) is 4.21. The molecule has 3 aromatic rings. The van der Waals surface area contributed by atoms with Crippen molar-refractivity contribution in [1.82, 2.24) is 20.0 Å². The number of rotatable bonds is 6. The number of para-hydroxylation sites is 2. The number of hydrogen-bond donors (Lipinski definition) is 0. The predicted octanol–water partition coefficient (Wildman–Crippen LogP) is 4.10. The maximum absolute atomic E-state index is 5.80. The fourth-order valence-corrected chi connectivity index (χ4v) is 3.46. The van der Waals surface area contributed by atoms with Gasteiger partial charge in [0.2, 0.25) is 5.89 Å². The number of fused-ring (bicyclic) bond motifs is 1. The second-order valence-corrected chi connectivity index (χ2v) is 7.02. The van der Waals surface area contributed by atoms with Gasteiger partial charge in [-0.15, -0.1) is 0 Å². The van der Waals surface area contributed by atoms with Crippen LogP contribution in [-0.2, 0) is 6.42 Å². The molecular formula is C19H24N4O2. The van der Waals surface area contributed by atoms with Crippen LogP contribution < -0.4 is 0 Å². The first-order valence-electron chi connectivity index (χ1n) is 9.12. The minimum atomic E-state index is 0.273. The average molecular weight is 340 g/mol. The molecule has 0 radical (unpaired) electrons. The van der Waals surface area contributed by atoms with Crippen LogP contribution in [0.3, 0.4) is 0 Å². The van der Waals surface area contributed by atoms with E-state index in [1.54, 1.807) is 0 Å². The van der Waals surface area contributed by atoms with Crippen LogP contribution in [0.15, 0.2) is 33.2 Å². The minimum absolute atomic E-state index is 0.273. The largest absolute Gasteiger partial charge is 0.441 e. The van der Waals surface area contributed by atoms with Gasteiger partial charge in [-0.25, -0.2) is 4.98 Å². The Balaban J connectivity index is 1.36. The SMILES string of the molecule is CC(C)c1nc([C@@H]2CCCN2CCCc2nc3ccccc3o2)no1. The molecule has 0 amide bonds. The lowest BCUT2D eigenvalue weighted by molar-refractivity contribution is 0.237. The lowest BCUT2D eigenvalue weighted by atomic mass is 10.2. The van der Waals surface area contributed by atoms with Gasteiger partial charge in [0.05, 0.1) is 6.04 Å². The summed E-state index contributed by atoms with van der Waals surface area (Å²) in [6, 6.07) is 8.19. The second-order valence-electron chi connectivity index (χ2n) is 7.02. The Hall–Kier alpha value is -2.21. The summed E-state index contributed by atoms with van der Waals surface area (Å²) in [4.78, 5) is 11.6. The van der Waals surface area contributed by atoms with Gasteiger partial charge in [-0.05, 0) is 44.5 Å². The number of nitrogens with zero attached hydrogens (tertiary/aromatic N) is 4. The van der Waals surface area contributed by atoms with Gasteiger partial charge in [0.1, 0.15) is 5.52 Å². The third kappa shape index (κ3) is 3.44. The summed E-state index contributed by atoms with van der Waals surface area (Å²) in [6.07, 6.45) is 4.14. The Morgan fingerprint density at radius 3 is 2.92 bits per heavy atom. The fourth-order valence-electron chi connectivity index (χ4n) is 3.46. The topological polar surface area (TPSA) is 68.2 Å². The van der Waals surface area contributed by atoms with E-state index >= 15 is 0 Å². The molecular weight excluding hydrogens is 316 g/mol. The predicted molar refractivity (Wildman–Crippen MR) is 94.3 cm³/mol. The van der Waals surface area contributed by atoms with E-state index in [1.807, 2.05) is 24.3 Å². The highest BCUT2D eigenvalue weighted by atomic mass is 16.5. The highest BCUT2D eigenvalue weighted by Gasteiger charge is 2.30. The standard InChI is InChI=1S/C19H24N4O2/c1-13(2)19-21-18(22-25-19)15-8-5-11-23(15)12-6-10-17-20-14-7-3-4-9-16(14)24-17/h3-4,7,9,13,15H,5-6,8,10-12H2,1-2H3/t15-/m0/s1. The summed E-state index contributed by atoms with van der Waals surface area (Å²) < 4.78 is 11.2. The van der Waals surface area contributed by atoms with E-state index in [0.717, 1.165) is 61.1 Å². The van der Waals surface area contributed by atoms with Crippen LogP contribution in [0.25, 0.3) is 11.1 Å². The van der Waals surface area contributed by atoms with Crippen molar-refractivity contribution in [2.75, 3.05) is 13.1 Å². The molecule has 1 atom stereocenters. The number of likely N-dealkylation sites (tertiary alicyclic amines) is 1. The van der Waals surface area contributed by atoms with Crippen LogP contribution in [0.4, 0.5) is 0 Å². The van der Waals surface area contributed by atoms with Gasteiger partial charge in [-0.2, -0.15) is 4.98 Å². The summed E-state index contributed by atoms with van der Waals surface area (Å²) >= 11 is 0. The molecule has 4 rings (SSSR count). The van der Waals surface area contributed by atoms with Gasteiger partial charge in [0.25, 0.3) is 0 Å². The van der Waals surface area contributed by atoms with Crippen molar-refractivity contribution in [2.45, 2.75) is 51.5 Å². The average Bonchev–Trinajstić information content (AvgIpc) is 3.33. The molecule has 0 aliphatic carbocycles. The van der Waals surface area contributed by atoms with Crippen LogP contribution in [0.2, 0.25) is 0 Å². The zero-order valence-corrected chi connectivity index (χ0v) is 14.8. The third-order valence-corrected chi connectivity index (χ3v) is 4.79. The fraction of sp³-hybridized carbons (Fsp3) is 0.526. The molecule has 1 aromatic carbocycles. The lowest BCUT2D eigenvalue weighted by Gasteiger charge is -2.21. The highest BCUT2D eigenvalue weighted by Crippen LogP contribution is 2.31. The molecule has 2 aromatic heterocycles. The molecule has 0 saturated carbocycles. The molecule has 1 aliphatic heterocycles. The molecule has 3 heterocycles.